The standard InChI is InChI=1S/C26H29N5O7S/c1-4-37-17-11-9-15(10-12-17)22(25(34)29-14-19(32)38-5-2)31(16-7-6-8-18(13-16)36-3)26(35)23-20(27)21(24(28)33)30-39-23/h6-13,22H,4-5,14,27H2,1-3H3,(H2,28,33)(H,29,34)/t22-/m0/s1. The first-order chi connectivity index (χ1) is 18.7. The van der Waals surface area contributed by atoms with E-state index in [2.05, 4.69) is 9.69 Å². The number of ether oxygens (including phenoxy) is 3. The van der Waals surface area contributed by atoms with E-state index in [-0.39, 0.29) is 28.6 Å². The summed E-state index contributed by atoms with van der Waals surface area (Å²) < 4.78 is 19.7. The van der Waals surface area contributed by atoms with Crippen LogP contribution in [-0.2, 0) is 14.3 Å². The summed E-state index contributed by atoms with van der Waals surface area (Å²) in [6.45, 7) is 3.63. The second-order valence-electron chi connectivity index (χ2n) is 7.94. The van der Waals surface area contributed by atoms with Crippen LogP contribution >= 0.6 is 11.5 Å². The number of esters is 1. The number of hydrogen-bond donors (Lipinski definition) is 3. The van der Waals surface area contributed by atoms with Crippen LogP contribution in [0, 0.1) is 0 Å². The number of carbonyl (C=O) groups excluding carboxylic acids is 4. The molecule has 5 N–H and O–H groups in total. The Morgan fingerprint density at radius 2 is 1.77 bits per heavy atom. The second kappa shape index (κ2) is 13.2. The van der Waals surface area contributed by atoms with Crippen LogP contribution in [0.1, 0.15) is 45.6 Å². The van der Waals surface area contributed by atoms with E-state index in [9.17, 15) is 19.2 Å². The highest BCUT2D eigenvalue weighted by atomic mass is 32.1. The number of nitrogens with zero attached hydrogens (tertiary/aromatic N) is 2. The molecule has 1 heterocycles. The molecule has 3 amide bonds. The van der Waals surface area contributed by atoms with Gasteiger partial charge in [-0.1, -0.05) is 18.2 Å². The van der Waals surface area contributed by atoms with Gasteiger partial charge in [0.1, 0.15) is 29.0 Å². The Balaban J connectivity index is 2.18. The first-order valence-corrected chi connectivity index (χ1v) is 12.7. The fourth-order valence-corrected chi connectivity index (χ4v) is 4.42. The molecular weight excluding hydrogens is 526 g/mol. The first-order valence-electron chi connectivity index (χ1n) is 11.9. The summed E-state index contributed by atoms with van der Waals surface area (Å²) in [6, 6.07) is 11.8. The van der Waals surface area contributed by atoms with E-state index in [1.807, 2.05) is 6.92 Å². The van der Waals surface area contributed by atoms with Crippen molar-refractivity contribution in [2.75, 3.05) is 37.5 Å². The third-order valence-electron chi connectivity index (χ3n) is 5.43. The van der Waals surface area contributed by atoms with Gasteiger partial charge in [0.2, 0.25) is 5.91 Å². The quantitative estimate of drug-likeness (QED) is 0.283. The number of nitrogen functional groups attached to an aromatic ring is 1. The average Bonchev–Trinajstić information content (AvgIpc) is 3.32. The highest BCUT2D eigenvalue weighted by molar-refractivity contribution is 7.09. The van der Waals surface area contributed by atoms with Crippen LogP contribution in [-0.4, -0.2) is 54.9 Å². The van der Waals surface area contributed by atoms with Gasteiger partial charge in [0, 0.05) is 11.8 Å². The lowest BCUT2D eigenvalue weighted by molar-refractivity contribution is -0.143. The van der Waals surface area contributed by atoms with Gasteiger partial charge in [0.05, 0.1) is 26.0 Å². The zero-order valence-electron chi connectivity index (χ0n) is 21.6. The molecule has 0 unspecified atom stereocenters. The highest BCUT2D eigenvalue weighted by Gasteiger charge is 2.36. The topological polar surface area (TPSA) is 176 Å². The number of nitrogens with two attached hydrogens (primary N) is 2. The molecule has 206 valence electrons. The molecule has 0 bridgehead atoms. The molecule has 13 heteroatoms. The van der Waals surface area contributed by atoms with E-state index in [0.29, 0.717) is 35.2 Å². The Bertz CT molecular complexity index is 1340. The Morgan fingerprint density at radius 3 is 2.36 bits per heavy atom. The summed E-state index contributed by atoms with van der Waals surface area (Å²) in [5.41, 5.74) is 11.6. The predicted molar refractivity (Wildman–Crippen MR) is 145 cm³/mol. The smallest absolute Gasteiger partial charge is 0.325 e. The van der Waals surface area contributed by atoms with Crippen LogP contribution in [0.3, 0.4) is 0 Å². The monoisotopic (exact) mass is 555 g/mol. The summed E-state index contributed by atoms with van der Waals surface area (Å²) >= 11 is 0.680. The maximum Gasteiger partial charge on any atom is 0.325 e. The zero-order valence-corrected chi connectivity index (χ0v) is 22.4. The van der Waals surface area contributed by atoms with Crippen LogP contribution in [0.15, 0.2) is 48.5 Å². The van der Waals surface area contributed by atoms with E-state index >= 15 is 0 Å². The van der Waals surface area contributed by atoms with Gasteiger partial charge in [0.15, 0.2) is 5.69 Å². The molecule has 1 atom stereocenters. The van der Waals surface area contributed by atoms with Crippen molar-refractivity contribution in [2.24, 2.45) is 5.73 Å². The molecule has 3 aromatic rings. The third kappa shape index (κ3) is 6.82. The van der Waals surface area contributed by atoms with Crippen molar-refractivity contribution < 1.29 is 33.4 Å². The number of nitrogens with one attached hydrogen (secondary N) is 1. The van der Waals surface area contributed by atoms with E-state index in [4.69, 9.17) is 25.7 Å². The lowest BCUT2D eigenvalue weighted by Gasteiger charge is -2.31. The van der Waals surface area contributed by atoms with Gasteiger partial charge in [-0.2, -0.15) is 4.37 Å². The Labute approximate surface area is 229 Å². The molecule has 0 fully saturated rings. The van der Waals surface area contributed by atoms with Gasteiger partial charge in [-0.25, -0.2) is 0 Å². The first kappa shape index (κ1) is 28.9. The second-order valence-corrected chi connectivity index (χ2v) is 8.72. The van der Waals surface area contributed by atoms with E-state index in [0.717, 1.165) is 0 Å². The van der Waals surface area contributed by atoms with Crippen molar-refractivity contribution in [1.82, 2.24) is 9.69 Å². The molecule has 0 aliphatic carbocycles. The van der Waals surface area contributed by atoms with Gasteiger partial charge >= 0.3 is 5.97 Å². The lowest BCUT2D eigenvalue weighted by Crippen LogP contribution is -2.45. The van der Waals surface area contributed by atoms with E-state index < -0.39 is 36.3 Å². The minimum atomic E-state index is -1.30. The summed E-state index contributed by atoms with van der Waals surface area (Å²) in [4.78, 5) is 52.6. The molecule has 0 saturated carbocycles. The van der Waals surface area contributed by atoms with Gasteiger partial charge in [-0.3, -0.25) is 24.1 Å². The number of primary amides is 1. The van der Waals surface area contributed by atoms with Gasteiger partial charge < -0.3 is 31.0 Å². The van der Waals surface area contributed by atoms with Crippen LogP contribution < -0.4 is 31.2 Å². The summed E-state index contributed by atoms with van der Waals surface area (Å²) in [7, 11) is 1.46. The number of anilines is 2. The van der Waals surface area contributed by atoms with Crippen molar-refractivity contribution in [1.29, 1.82) is 0 Å². The highest BCUT2D eigenvalue weighted by Crippen LogP contribution is 2.35. The molecule has 0 saturated heterocycles. The number of amides is 3. The van der Waals surface area contributed by atoms with Gasteiger partial charge in [-0.15, -0.1) is 0 Å². The fourth-order valence-electron chi connectivity index (χ4n) is 3.68. The normalized spacial score (nSPS) is 11.3. The number of hydrogen-bond acceptors (Lipinski definition) is 10. The fraction of sp³-hybridized carbons (Fsp3) is 0.269. The van der Waals surface area contributed by atoms with Crippen LogP contribution in [0.2, 0.25) is 0 Å². The SMILES string of the molecule is CCOC(=O)CNC(=O)[C@H](c1ccc(OCC)cc1)N(C(=O)c1snc(C(N)=O)c1N)c1cccc(OC)c1. The summed E-state index contributed by atoms with van der Waals surface area (Å²) in [5, 5.41) is 2.54. The molecule has 12 nitrogen and oxygen atoms in total. The predicted octanol–water partition coefficient (Wildman–Crippen LogP) is 2.30. The van der Waals surface area contributed by atoms with Gasteiger partial charge in [-0.05, 0) is 55.2 Å². The number of benzene rings is 2. The maximum atomic E-state index is 14.1. The van der Waals surface area contributed by atoms with Crippen LogP contribution in [0.25, 0.3) is 0 Å². The van der Waals surface area contributed by atoms with Crippen molar-refractivity contribution in [3.05, 3.63) is 64.7 Å². The molecule has 0 radical (unpaired) electrons. The number of rotatable bonds is 12. The Kier molecular flexibility index (Phi) is 9.81. The van der Waals surface area contributed by atoms with Crippen LogP contribution in [0.4, 0.5) is 11.4 Å². The van der Waals surface area contributed by atoms with Gasteiger partial charge in [0.25, 0.3) is 11.8 Å². The third-order valence-corrected chi connectivity index (χ3v) is 6.28. The number of aromatic nitrogens is 1. The van der Waals surface area contributed by atoms with Crippen molar-refractivity contribution >= 4 is 46.6 Å². The van der Waals surface area contributed by atoms with E-state index in [1.165, 1.54) is 12.0 Å². The minimum Gasteiger partial charge on any atom is -0.497 e. The van der Waals surface area contributed by atoms with Crippen molar-refractivity contribution in [3.63, 3.8) is 0 Å². The molecular formula is C26H29N5O7S. The lowest BCUT2D eigenvalue weighted by atomic mass is 10.0. The Hall–Kier alpha value is -4.65. The molecule has 0 spiro atoms. The zero-order chi connectivity index (χ0) is 28.5. The molecule has 1 aromatic heterocycles. The summed E-state index contributed by atoms with van der Waals surface area (Å²) in [5.74, 6) is -1.97. The maximum absolute atomic E-state index is 14.1. The molecule has 2 aromatic carbocycles. The molecule has 0 aliphatic rings. The van der Waals surface area contributed by atoms with Crippen molar-refractivity contribution in [2.45, 2.75) is 19.9 Å². The van der Waals surface area contributed by atoms with E-state index in [1.54, 1.807) is 55.5 Å². The molecule has 0 aliphatic heterocycles. The molecule has 39 heavy (non-hydrogen) atoms. The molecule has 3 rings (SSSR count). The van der Waals surface area contributed by atoms with Crippen LogP contribution in [0.5, 0.6) is 11.5 Å². The minimum absolute atomic E-state index is 0.0965. The Morgan fingerprint density at radius 1 is 1.05 bits per heavy atom. The summed E-state index contributed by atoms with van der Waals surface area (Å²) in [6.07, 6.45) is 0. The number of carbonyl (C=O) groups is 4. The number of methoxy groups -OCH3 is 1. The largest absolute Gasteiger partial charge is 0.497 e. The average molecular weight is 556 g/mol. The van der Waals surface area contributed by atoms with Crippen molar-refractivity contribution in [3.8, 4) is 11.5 Å².